The SMILES string of the molecule is Cc1cccc(-c2ccn(-c3cc(N4CCOCC4)nc(OCCc4ccc(NC(=O)CCCCCNC(=O)COc5cc(-c6scnc6C)ccc5CNC(=O)[C@@H]5C[C@@H](O)CN5C(=O)[C@@H](NC(=O)C5(F)CC5)C(C)(C)C)cc4)n3)n2)c1. The number of carbonyl (C=O) groups is 5. The van der Waals surface area contributed by atoms with Gasteiger partial charge in [0.2, 0.25) is 17.7 Å². The number of unbranched alkanes of at least 4 members (excludes halogenated alkanes) is 2. The van der Waals surface area contributed by atoms with Crippen molar-refractivity contribution in [2.24, 2.45) is 5.41 Å². The molecule has 3 fully saturated rings. The second kappa shape index (κ2) is 26.4. The molecule has 0 radical (unpaired) electrons. The maximum absolute atomic E-state index is 14.7. The largest absolute Gasteiger partial charge is 0.483 e. The van der Waals surface area contributed by atoms with Gasteiger partial charge in [-0.05, 0) is 86.4 Å². The predicted molar refractivity (Wildman–Crippen MR) is 308 cm³/mol. The van der Waals surface area contributed by atoms with Crippen molar-refractivity contribution in [3.05, 3.63) is 113 Å². The van der Waals surface area contributed by atoms with Gasteiger partial charge in [0.25, 0.3) is 11.8 Å². The maximum atomic E-state index is 14.7. The van der Waals surface area contributed by atoms with Gasteiger partial charge in [-0.3, -0.25) is 24.0 Å². The van der Waals surface area contributed by atoms with E-state index in [9.17, 15) is 33.5 Å². The van der Waals surface area contributed by atoms with E-state index >= 15 is 0 Å². The Morgan fingerprint density at radius 1 is 0.890 bits per heavy atom. The molecule has 3 aliphatic rings. The quantitative estimate of drug-likeness (QED) is 0.0390. The van der Waals surface area contributed by atoms with Gasteiger partial charge < -0.3 is 50.4 Å². The number of hydrogen-bond acceptors (Lipinski definition) is 15. The van der Waals surface area contributed by atoms with Crippen molar-refractivity contribution >= 4 is 52.4 Å². The number of carbonyl (C=O) groups excluding carboxylic acids is 5. The lowest BCUT2D eigenvalue weighted by Crippen LogP contribution is -2.59. The number of aliphatic hydroxyl groups is 1. The standard InChI is InChI=1S/C60H72FN11O9S/c1-38-10-9-11-41(30-38)46-19-24-72(69-46)50-33-49(70-25-28-79-29-26-70)66-58(67-50)80-27-20-40-13-17-44(18-14-40)65-51(74)12-7-6-8-23-62-52(75)36-81-48-31-42(53-39(2)64-37-82-53)15-16-43(48)34-63-55(76)47-32-45(73)35-71(47)56(77)54(59(3,4)5)68-57(78)60(61)21-22-60/h9-11,13-19,24,30-31,33,37,45,47,54,73H,6-8,12,20-23,25-29,32,34-36H2,1-5H3,(H,62,75)(H,63,76)(H,65,74)(H,68,78)/t45-,47+,54-/m1/s1. The van der Waals surface area contributed by atoms with E-state index in [1.54, 1.807) is 43.1 Å². The molecule has 0 unspecified atom stereocenters. The third kappa shape index (κ3) is 15.4. The van der Waals surface area contributed by atoms with Crippen LogP contribution in [0.4, 0.5) is 15.9 Å². The summed E-state index contributed by atoms with van der Waals surface area (Å²) in [5.74, 6) is -0.739. The molecular weight excluding hydrogens is 1070 g/mol. The van der Waals surface area contributed by atoms with Crippen LogP contribution in [0.25, 0.3) is 27.5 Å². The number of aromatic nitrogens is 5. The van der Waals surface area contributed by atoms with E-state index < -0.39 is 47.0 Å². The summed E-state index contributed by atoms with van der Waals surface area (Å²) in [6, 6.07) is 23.2. The van der Waals surface area contributed by atoms with Crippen molar-refractivity contribution in [2.75, 3.05) is 62.8 Å². The highest BCUT2D eigenvalue weighted by atomic mass is 32.1. The van der Waals surface area contributed by atoms with Crippen LogP contribution in [0.3, 0.4) is 0 Å². The van der Waals surface area contributed by atoms with Crippen LogP contribution in [0.1, 0.15) is 88.1 Å². The van der Waals surface area contributed by atoms with Gasteiger partial charge in [0.1, 0.15) is 23.7 Å². The number of hydrogen-bond donors (Lipinski definition) is 5. The van der Waals surface area contributed by atoms with Gasteiger partial charge in [-0.15, -0.1) is 11.3 Å². The van der Waals surface area contributed by atoms with E-state index in [2.05, 4.69) is 50.2 Å². The first kappa shape index (κ1) is 58.8. The highest BCUT2D eigenvalue weighted by Gasteiger charge is 2.53. The Labute approximate surface area is 480 Å². The van der Waals surface area contributed by atoms with Gasteiger partial charge in [0, 0.05) is 81.1 Å². The summed E-state index contributed by atoms with van der Waals surface area (Å²) in [6.45, 7) is 12.0. The van der Waals surface area contributed by atoms with Crippen molar-refractivity contribution in [2.45, 2.75) is 116 Å². The zero-order chi connectivity index (χ0) is 58.0. The first-order valence-electron chi connectivity index (χ1n) is 27.9. The number of nitrogens with one attached hydrogen (secondary N) is 4. The van der Waals surface area contributed by atoms with E-state index in [0.29, 0.717) is 94.4 Å². The van der Waals surface area contributed by atoms with Crippen LogP contribution in [-0.2, 0) is 41.7 Å². The number of ether oxygens (including phenoxy) is 3. The predicted octanol–water partition coefficient (Wildman–Crippen LogP) is 6.83. The minimum absolute atomic E-state index is 0.0269. The lowest BCUT2D eigenvalue weighted by atomic mass is 9.85. The lowest BCUT2D eigenvalue weighted by Gasteiger charge is -2.35. The molecule has 1 aliphatic carbocycles. The van der Waals surface area contributed by atoms with Crippen molar-refractivity contribution in [3.63, 3.8) is 0 Å². The summed E-state index contributed by atoms with van der Waals surface area (Å²) >= 11 is 1.46. The van der Waals surface area contributed by atoms with Gasteiger partial charge >= 0.3 is 6.01 Å². The number of likely N-dealkylation sites (tertiary alicyclic amines) is 1. The summed E-state index contributed by atoms with van der Waals surface area (Å²) in [7, 11) is 0. The van der Waals surface area contributed by atoms with Gasteiger partial charge in [-0.25, -0.2) is 14.1 Å². The number of aryl methyl sites for hydroxylation is 2. The number of alkyl halides is 1. The molecule has 0 bridgehead atoms. The number of amides is 5. The third-order valence-corrected chi connectivity index (χ3v) is 15.6. The van der Waals surface area contributed by atoms with Crippen LogP contribution in [0, 0.1) is 19.3 Å². The number of halogens is 1. The van der Waals surface area contributed by atoms with Crippen molar-refractivity contribution in [1.82, 2.24) is 45.6 Å². The molecule has 9 rings (SSSR count). The van der Waals surface area contributed by atoms with E-state index in [4.69, 9.17) is 29.3 Å². The number of anilines is 2. The van der Waals surface area contributed by atoms with Crippen LogP contribution in [0.15, 0.2) is 90.6 Å². The van der Waals surface area contributed by atoms with Crippen LogP contribution in [0.5, 0.6) is 11.8 Å². The van der Waals surface area contributed by atoms with Crippen molar-refractivity contribution in [1.29, 1.82) is 0 Å². The van der Waals surface area contributed by atoms with Gasteiger partial charge in [0.05, 0.1) is 47.7 Å². The summed E-state index contributed by atoms with van der Waals surface area (Å²) < 4.78 is 34.2. The fourth-order valence-corrected chi connectivity index (χ4v) is 10.6. The smallest absolute Gasteiger partial charge is 0.320 e. The Morgan fingerprint density at radius 2 is 1.67 bits per heavy atom. The molecule has 5 N–H and O–H groups in total. The fraction of sp³-hybridized carbons (Fsp3) is 0.450. The van der Waals surface area contributed by atoms with Crippen LogP contribution >= 0.6 is 11.3 Å². The number of thiazole rings is 1. The molecule has 2 aliphatic heterocycles. The average molecular weight is 1140 g/mol. The first-order chi connectivity index (χ1) is 39.4. The molecule has 82 heavy (non-hydrogen) atoms. The van der Waals surface area contributed by atoms with E-state index in [1.807, 2.05) is 67.7 Å². The summed E-state index contributed by atoms with van der Waals surface area (Å²) in [6.07, 6.45) is 3.91. The molecule has 22 heteroatoms. The minimum Gasteiger partial charge on any atom is -0.483 e. The van der Waals surface area contributed by atoms with E-state index in [0.717, 1.165) is 44.3 Å². The Balaban J connectivity index is 0.706. The number of benzene rings is 3. The normalized spacial score (nSPS) is 17.0. The van der Waals surface area contributed by atoms with Crippen molar-refractivity contribution in [3.8, 4) is 39.3 Å². The maximum Gasteiger partial charge on any atom is 0.320 e. The molecule has 434 valence electrons. The lowest BCUT2D eigenvalue weighted by molar-refractivity contribution is -0.145. The van der Waals surface area contributed by atoms with E-state index in [1.165, 1.54) is 16.2 Å². The molecule has 20 nitrogen and oxygen atoms in total. The highest BCUT2D eigenvalue weighted by Crippen LogP contribution is 2.41. The monoisotopic (exact) mass is 1140 g/mol. The van der Waals surface area contributed by atoms with Crippen LogP contribution < -0.4 is 35.6 Å². The highest BCUT2D eigenvalue weighted by molar-refractivity contribution is 7.13. The Bertz CT molecular complexity index is 3230. The number of nitrogens with zero attached hydrogens (tertiary/aromatic N) is 7. The average Bonchev–Trinajstić information content (AvgIpc) is 3.94. The molecule has 3 aromatic carbocycles. The van der Waals surface area contributed by atoms with Crippen LogP contribution in [-0.4, -0.2) is 141 Å². The molecular formula is C60H72FN11O9S. The molecule has 3 atom stereocenters. The van der Waals surface area contributed by atoms with Crippen molar-refractivity contribution < 1.29 is 47.7 Å². The molecule has 6 aromatic rings. The Hall–Kier alpha value is -7.82. The van der Waals surface area contributed by atoms with E-state index in [-0.39, 0.29) is 56.8 Å². The Morgan fingerprint density at radius 3 is 2.40 bits per heavy atom. The van der Waals surface area contributed by atoms with Crippen LogP contribution in [0.2, 0.25) is 0 Å². The number of aliphatic hydroxyl groups excluding tert-OH is 1. The second-order valence-electron chi connectivity index (χ2n) is 22.2. The zero-order valence-corrected chi connectivity index (χ0v) is 47.9. The topological polar surface area (TPSA) is 244 Å². The first-order valence-corrected chi connectivity index (χ1v) is 28.8. The summed E-state index contributed by atoms with van der Waals surface area (Å²) in [5.41, 5.74) is 5.82. The minimum atomic E-state index is -2.00. The molecule has 0 spiro atoms. The molecule has 2 saturated heterocycles. The molecule has 3 aromatic heterocycles. The molecule has 1 saturated carbocycles. The molecule has 5 heterocycles. The summed E-state index contributed by atoms with van der Waals surface area (Å²) in [5, 5.41) is 26.8. The van der Waals surface area contributed by atoms with Gasteiger partial charge in [0.15, 0.2) is 18.1 Å². The van der Waals surface area contributed by atoms with Gasteiger partial charge in [-0.2, -0.15) is 15.1 Å². The summed E-state index contributed by atoms with van der Waals surface area (Å²) in [4.78, 5) is 84.6. The molecule has 5 amide bonds. The third-order valence-electron chi connectivity index (χ3n) is 14.6. The van der Waals surface area contributed by atoms with Gasteiger partial charge in [-0.1, -0.05) is 75.2 Å². The number of β-amino-alcohol motifs (C(OH)–C–C–N with tert-alkyl or cyclic N) is 1. The Kier molecular flexibility index (Phi) is 18.9. The second-order valence-corrected chi connectivity index (χ2v) is 23.1. The number of rotatable bonds is 24. The number of morpholine rings is 1. The zero-order valence-electron chi connectivity index (χ0n) is 47.0. The fourth-order valence-electron chi connectivity index (χ4n) is 9.77.